The maximum atomic E-state index is 11.6. The molecule has 0 spiro atoms. The third-order valence-electron chi connectivity index (χ3n) is 1.77. The molecule has 19 heavy (non-hydrogen) atoms. The smallest absolute Gasteiger partial charge is 0.413 e. The molecule has 0 radical (unpaired) electrons. The summed E-state index contributed by atoms with van der Waals surface area (Å²) in [6, 6.07) is 0. The maximum Gasteiger partial charge on any atom is 0.413 e. The van der Waals surface area contributed by atoms with Gasteiger partial charge in [0.2, 0.25) is 0 Å². The molecule has 1 aromatic heterocycles. The lowest BCUT2D eigenvalue weighted by Crippen LogP contribution is -2.28. The summed E-state index contributed by atoms with van der Waals surface area (Å²) >= 11 is 1.07. The number of nitrogens with zero attached hydrogens (tertiary/aromatic N) is 1. The van der Waals surface area contributed by atoms with Gasteiger partial charge in [-0.1, -0.05) is 11.3 Å². The van der Waals surface area contributed by atoms with Crippen molar-refractivity contribution < 1.29 is 14.3 Å². The second kappa shape index (κ2) is 6.48. The molecule has 0 bridgehead atoms. The Balaban J connectivity index is 2.55. The largest absolute Gasteiger partial charge is 0.444 e. The lowest BCUT2D eigenvalue weighted by atomic mass is 10.2. The molecule has 0 aliphatic rings. The Bertz CT molecular complexity index is 453. The monoisotopic (exact) mass is 286 g/mol. The van der Waals surface area contributed by atoms with Crippen molar-refractivity contribution in [3.63, 3.8) is 0 Å². The van der Waals surface area contributed by atoms with E-state index in [2.05, 4.69) is 15.6 Å². The number of thiazole rings is 1. The summed E-state index contributed by atoms with van der Waals surface area (Å²) in [7, 11) is 0. The highest BCUT2D eigenvalue weighted by Crippen LogP contribution is 2.19. The van der Waals surface area contributed by atoms with E-state index >= 15 is 0 Å². The lowest BCUT2D eigenvalue weighted by Gasteiger charge is -2.18. The quantitative estimate of drug-likeness (QED) is 0.770. The molecule has 1 rings (SSSR count). The van der Waals surface area contributed by atoms with Crippen LogP contribution in [0, 0.1) is 0 Å². The summed E-state index contributed by atoms with van der Waals surface area (Å²) in [4.78, 5) is 27.4. The minimum atomic E-state index is -0.601. The average Bonchev–Trinajstić information content (AvgIpc) is 2.71. The second-order valence-corrected chi connectivity index (χ2v) is 5.73. The number of carbonyl (C=O) groups excluding carboxylic acids is 2. The first-order valence-corrected chi connectivity index (χ1v) is 6.57. The van der Waals surface area contributed by atoms with Crippen LogP contribution in [-0.2, 0) is 4.74 Å². The van der Waals surface area contributed by atoms with Crippen LogP contribution in [0.4, 0.5) is 9.93 Å². The van der Waals surface area contributed by atoms with Gasteiger partial charge in [0.1, 0.15) is 10.5 Å². The Kier molecular flexibility index (Phi) is 5.25. The van der Waals surface area contributed by atoms with Crippen LogP contribution in [0.5, 0.6) is 0 Å². The molecule has 0 aliphatic heterocycles. The summed E-state index contributed by atoms with van der Waals surface area (Å²) in [5.74, 6) is -0.264. The normalized spacial score (nSPS) is 10.9. The van der Waals surface area contributed by atoms with Gasteiger partial charge in [-0.2, -0.15) is 0 Å². The molecular formula is C11H18N4O3S. The van der Waals surface area contributed by atoms with Crippen LogP contribution >= 0.6 is 11.3 Å². The summed E-state index contributed by atoms with van der Waals surface area (Å²) in [6.45, 7) is 6.06. The zero-order chi connectivity index (χ0) is 14.5. The first-order chi connectivity index (χ1) is 8.81. The van der Waals surface area contributed by atoms with Crippen molar-refractivity contribution >= 4 is 28.5 Å². The van der Waals surface area contributed by atoms with E-state index in [4.69, 9.17) is 10.5 Å². The second-order valence-electron chi connectivity index (χ2n) is 4.70. The predicted molar refractivity (Wildman–Crippen MR) is 73.4 cm³/mol. The summed E-state index contributed by atoms with van der Waals surface area (Å²) in [5, 5.41) is 5.40. The molecule has 0 fully saturated rings. The van der Waals surface area contributed by atoms with Gasteiger partial charge in [0.25, 0.3) is 5.91 Å². The third kappa shape index (κ3) is 5.66. The number of anilines is 1. The highest BCUT2D eigenvalue weighted by atomic mass is 32.1. The standard InChI is InChI=1S/C11H18N4O3S/c1-11(2,3)18-10(17)15-9-14-6-7(19-9)8(16)13-5-4-12/h6H,4-5,12H2,1-3H3,(H,13,16)(H,14,15,17). The van der Waals surface area contributed by atoms with E-state index in [1.807, 2.05) is 0 Å². The fourth-order valence-electron chi connectivity index (χ4n) is 1.10. The first kappa shape index (κ1) is 15.4. The SMILES string of the molecule is CC(C)(C)OC(=O)Nc1ncc(C(=O)NCCN)s1. The van der Waals surface area contributed by atoms with Gasteiger partial charge in [0.15, 0.2) is 5.13 Å². The van der Waals surface area contributed by atoms with Gasteiger partial charge >= 0.3 is 6.09 Å². The minimum Gasteiger partial charge on any atom is -0.444 e. The Labute approximate surface area is 115 Å². The highest BCUT2D eigenvalue weighted by Gasteiger charge is 2.18. The van der Waals surface area contributed by atoms with E-state index in [0.29, 0.717) is 23.1 Å². The van der Waals surface area contributed by atoms with Crippen LogP contribution in [-0.4, -0.2) is 35.7 Å². The Morgan fingerprint density at radius 3 is 2.74 bits per heavy atom. The van der Waals surface area contributed by atoms with E-state index in [9.17, 15) is 9.59 Å². The van der Waals surface area contributed by atoms with Crippen LogP contribution in [0.3, 0.4) is 0 Å². The molecule has 0 atom stereocenters. The first-order valence-electron chi connectivity index (χ1n) is 5.76. The third-order valence-corrected chi connectivity index (χ3v) is 2.68. The van der Waals surface area contributed by atoms with Crippen molar-refractivity contribution in [2.45, 2.75) is 26.4 Å². The molecule has 0 aromatic carbocycles. The van der Waals surface area contributed by atoms with E-state index in [0.717, 1.165) is 11.3 Å². The van der Waals surface area contributed by atoms with Crippen molar-refractivity contribution in [1.82, 2.24) is 10.3 Å². The van der Waals surface area contributed by atoms with E-state index in [1.165, 1.54) is 6.20 Å². The van der Waals surface area contributed by atoms with Gasteiger partial charge in [0, 0.05) is 13.1 Å². The highest BCUT2D eigenvalue weighted by molar-refractivity contribution is 7.17. The number of amides is 2. The van der Waals surface area contributed by atoms with Crippen molar-refractivity contribution in [1.29, 1.82) is 0 Å². The molecule has 2 amide bonds. The van der Waals surface area contributed by atoms with Crippen molar-refractivity contribution in [2.24, 2.45) is 5.73 Å². The fourth-order valence-corrected chi connectivity index (χ4v) is 1.82. The van der Waals surface area contributed by atoms with Crippen molar-refractivity contribution in [3.05, 3.63) is 11.1 Å². The van der Waals surface area contributed by atoms with Crippen LogP contribution in [0.1, 0.15) is 30.4 Å². The number of carbonyl (C=O) groups is 2. The molecular weight excluding hydrogens is 268 g/mol. The van der Waals surface area contributed by atoms with Gasteiger partial charge in [-0.3, -0.25) is 10.1 Å². The van der Waals surface area contributed by atoms with E-state index in [1.54, 1.807) is 20.8 Å². The topological polar surface area (TPSA) is 106 Å². The molecule has 1 aromatic rings. The molecule has 0 saturated heterocycles. The van der Waals surface area contributed by atoms with Gasteiger partial charge in [-0.25, -0.2) is 9.78 Å². The Morgan fingerprint density at radius 2 is 2.16 bits per heavy atom. The van der Waals surface area contributed by atoms with E-state index < -0.39 is 11.7 Å². The van der Waals surface area contributed by atoms with Crippen LogP contribution < -0.4 is 16.4 Å². The molecule has 7 nitrogen and oxygen atoms in total. The molecule has 0 aliphatic carbocycles. The Hall–Kier alpha value is -1.67. The number of aromatic nitrogens is 1. The zero-order valence-electron chi connectivity index (χ0n) is 11.1. The molecule has 1 heterocycles. The van der Waals surface area contributed by atoms with Crippen molar-refractivity contribution in [3.8, 4) is 0 Å². The van der Waals surface area contributed by atoms with Gasteiger partial charge in [-0.05, 0) is 20.8 Å². The zero-order valence-corrected chi connectivity index (χ0v) is 12.0. The Morgan fingerprint density at radius 1 is 1.47 bits per heavy atom. The maximum absolute atomic E-state index is 11.6. The van der Waals surface area contributed by atoms with Crippen LogP contribution in [0.15, 0.2) is 6.20 Å². The van der Waals surface area contributed by atoms with Gasteiger partial charge < -0.3 is 15.8 Å². The number of ether oxygens (including phenoxy) is 1. The summed E-state index contributed by atoms with van der Waals surface area (Å²) in [5.41, 5.74) is 4.70. The number of hydrogen-bond acceptors (Lipinski definition) is 6. The van der Waals surface area contributed by atoms with Gasteiger partial charge in [-0.15, -0.1) is 0 Å². The summed E-state index contributed by atoms with van der Waals surface area (Å²) < 4.78 is 5.08. The molecule has 0 saturated carbocycles. The van der Waals surface area contributed by atoms with Gasteiger partial charge in [0.05, 0.1) is 6.20 Å². The molecule has 8 heteroatoms. The molecule has 0 unspecified atom stereocenters. The summed E-state index contributed by atoms with van der Waals surface area (Å²) in [6.07, 6.45) is 0.791. The number of nitrogens with one attached hydrogen (secondary N) is 2. The number of rotatable bonds is 4. The van der Waals surface area contributed by atoms with E-state index in [-0.39, 0.29) is 5.91 Å². The number of hydrogen-bond donors (Lipinski definition) is 3. The van der Waals surface area contributed by atoms with Crippen molar-refractivity contribution in [2.75, 3.05) is 18.4 Å². The molecule has 4 N–H and O–H groups in total. The lowest BCUT2D eigenvalue weighted by molar-refractivity contribution is 0.0635. The number of nitrogens with two attached hydrogens (primary N) is 1. The molecule has 106 valence electrons. The minimum absolute atomic E-state index is 0.264. The van der Waals surface area contributed by atoms with Crippen LogP contribution in [0.25, 0.3) is 0 Å². The fraction of sp³-hybridized carbons (Fsp3) is 0.545. The average molecular weight is 286 g/mol. The van der Waals surface area contributed by atoms with Crippen LogP contribution in [0.2, 0.25) is 0 Å². The predicted octanol–water partition coefficient (Wildman–Crippen LogP) is 1.18.